The van der Waals surface area contributed by atoms with Gasteiger partial charge in [0.1, 0.15) is 5.15 Å². The van der Waals surface area contributed by atoms with Crippen LogP contribution >= 0.6 is 11.6 Å². The zero-order valence-corrected chi connectivity index (χ0v) is 13.6. The molecular formula is C19H19ClN2O. The first-order chi connectivity index (χ1) is 11.2. The maximum atomic E-state index is 12.5. The molecular weight excluding hydrogens is 308 g/mol. The van der Waals surface area contributed by atoms with E-state index in [1.54, 1.807) is 18.3 Å². The highest BCUT2D eigenvalue weighted by atomic mass is 35.5. The lowest BCUT2D eigenvalue weighted by Crippen LogP contribution is -2.15. The zero-order valence-electron chi connectivity index (χ0n) is 12.8. The molecule has 1 aromatic heterocycles. The van der Waals surface area contributed by atoms with Gasteiger partial charge in [-0.2, -0.15) is 0 Å². The van der Waals surface area contributed by atoms with E-state index < -0.39 is 0 Å². The van der Waals surface area contributed by atoms with Gasteiger partial charge >= 0.3 is 0 Å². The van der Waals surface area contributed by atoms with Crippen molar-refractivity contribution in [1.82, 2.24) is 4.98 Å². The lowest BCUT2D eigenvalue weighted by molar-refractivity contribution is 0.102. The van der Waals surface area contributed by atoms with Gasteiger partial charge in [0.2, 0.25) is 0 Å². The smallest absolute Gasteiger partial charge is 0.258 e. The van der Waals surface area contributed by atoms with Crippen molar-refractivity contribution in [2.24, 2.45) is 11.8 Å². The molecule has 2 aliphatic rings. The number of carbonyl (C=O) groups is 1. The molecule has 4 rings (SSSR count). The summed E-state index contributed by atoms with van der Waals surface area (Å²) in [4.78, 5) is 16.4. The maximum absolute atomic E-state index is 12.5. The molecule has 1 heterocycles. The highest BCUT2D eigenvalue weighted by Gasteiger charge is 2.46. The molecule has 2 saturated carbocycles. The van der Waals surface area contributed by atoms with Crippen LogP contribution in [0.1, 0.15) is 47.5 Å². The fourth-order valence-corrected chi connectivity index (χ4v) is 3.85. The van der Waals surface area contributed by atoms with Gasteiger partial charge in [0.15, 0.2) is 0 Å². The molecule has 0 saturated heterocycles. The summed E-state index contributed by atoms with van der Waals surface area (Å²) in [5.41, 5.74) is 2.58. The Morgan fingerprint density at radius 3 is 2.74 bits per heavy atom. The molecule has 3 nitrogen and oxygen atoms in total. The molecule has 0 radical (unpaired) electrons. The van der Waals surface area contributed by atoms with E-state index in [1.165, 1.54) is 31.2 Å². The number of rotatable bonds is 4. The summed E-state index contributed by atoms with van der Waals surface area (Å²) < 4.78 is 0. The second kappa shape index (κ2) is 5.97. The number of hydrogen-bond acceptors (Lipinski definition) is 2. The topological polar surface area (TPSA) is 42.0 Å². The van der Waals surface area contributed by atoms with Gasteiger partial charge in [-0.05, 0) is 47.9 Å². The Hall–Kier alpha value is -1.87. The van der Waals surface area contributed by atoms with E-state index in [2.05, 4.69) is 22.4 Å². The third kappa shape index (κ3) is 2.86. The minimum Gasteiger partial charge on any atom is -0.322 e. The highest BCUT2D eigenvalue weighted by molar-refractivity contribution is 6.33. The Bertz CT molecular complexity index is 742. The fourth-order valence-electron chi connectivity index (χ4n) is 3.64. The van der Waals surface area contributed by atoms with Crippen LogP contribution in [-0.2, 0) is 0 Å². The number of para-hydroxylation sites is 1. The number of nitrogens with one attached hydrogen (secondary N) is 1. The first-order valence-corrected chi connectivity index (χ1v) is 8.62. The second-order valence-corrected chi connectivity index (χ2v) is 6.94. The molecule has 0 bridgehead atoms. The minimum absolute atomic E-state index is 0.198. The Morgan fingerprint density at radius 2 is 2.00 bits per heavy atom. The third-order valence-corrected chi connectivity index (χ3v) is 5.51. The number of pyridine rings is 1. The summed E-state index contributed by atoms with van der Waals surface area (Å²) in [5, 5.41) is 3.26. The number of amides is 1. The van der Waals surface area contributed by atoms with Gasteiger partial charge in [-0.25, -0.2) is 4.98 Å². The van der Waals surface area contributed by atoms with E-state index in [9.17, 15) is 4.79 Å². The number of halogens is 1. The maximum Gasteiger partial charge on any atom is 0.258 e. The van der Waals surface area contributed by atoms with Crippen molar-refractivity contribution in [3.05, 3.63) is 58.9 Å². The molecule has 1 N–H and O–H groups in total. The first kappa shape index (κ1) is 14.7. The van der Waals surface area contributed by atoms with E-state index in [0.717, 1.165) is 17.5 Å². The Kier molecular flexibility index (Phi) is 3.82. The van der Waals surface area contributed by atoms with Crippen LogP contribution < -0.4 is 5.32 Å². The SMILES string of the molecule is O=C(Nc1ccccc1C1CC1C1CCC1)c1cccnc1Cl. The summed E-state index contributed by atoms with van der Waals surface area (Å²) in [6.07, 6.45) is 6.97. The summed E-state index contributed by atoms with van der Waals surface area (Å²) in [6.45, 7) is 0. The largest absolute Gasteiger partial charge is 0.322 e. The van der Waals surface area contributed by atoms with Crippen molar-refractivity contribution in [1.29, 1.82) is 0 Å². The van der Waals surface area contributed by atoms with Crippen LogP contribution in [0.25, 0.3) is 0 Å². The Morgan fingerprint density at radius 1 is 1.17 bits per heavy atom. The fraction of sp³-hybridized carbons (Fsp3) is 0.368. The number of benzene rings is 1. The van der Waals surface area contributed by atoms with E-state index in [4.69, 9.17) is 11.6 Å². The normalized spacial score (nSPS) is 23.2. The van der Waals surface area contributed by atoms with Crippen molar-refractivity contribution >= 4 is 23.2 Å². The predicted molar refractivity (Wildman–Crippen MR) is 91.8 cm³/mol. The third-order valence-electron chi connectivity index (χ3n) is 5.21. The highest BCUT2D eigenvalue weighted by Crippen LogP contribution is 2.58. The van der Waals surface area contributed by atoms with Crippen LogP contribution in [0.4, 0.5) is 5.69 Å². The summed E-state index contributed by atoms with van der Waals surface area (Å²) >= 11 is 6.02. The van der Waals surface area contributed by atoms with Crippen LogP contribution in [-0.4, -0.2) is 10.9 Å². The Balaban J connectivity index is 1.53. The van der Waals surface area contributed by atoms with Gasteiger partial charge in [-0.15, -0.1) is 0 Å². The molecule has 23 heavy (non-hydrogen) atoms. The molecule has 4 heteroatoms. The molecule has 2 aliphatic carbocycles. The number of carbonyl (C=O) groups excluding carboxylic acids is 1. The number of aromatic nitrogens is 1. The number of nitrogens with zero attached hydrogens (tertiary/aromatic N) is 1. The molecule has 1 amide bonds. The van der Waals surface area contributed by atoms with E-state index in [-0.39, 0.29) is 11.1 Å². The van der Waals surface area contributed by atoms with E-state index >= 15 is 0 Å². The lowest BCUT2D eigenvalue weighted by Gasteiger charge is -2.26. The van der Waals surface area contributed by atoms with Gasteiger partial charge in [-0.3, -0.25) is 4.79 Å². The van der Waals surface area contributed by atoms with Crippen molar-refractivity contribution < 1.29 is 4.79 Å². The van der Waals surface area contributed by atoms with Gasteiger partial charge in [0, 0.05) is 11.9 Å². The predicted octanol–water partition coefficient (Wildman–Crippen LogP) is 4.89. The van der Waals surface area contributed by atoms with Crippen LogP contribution in [0.3, 0.4) is 0 Å². The van der Waals surface area contributed by atoms with Crippen LogP contribution in [0, 0.1) is 11.8 Å². The average Bonchev–Trinajstić information content (AvgIpc) is 3.26. The molecule has 2 unspecified atom stereocenters. The monoisotopic (exact) mass is 326 g/mol. The first-order valence-electron chi connectivity index (χ1n) is 8.25. The Labute approximate surface area is 141 Å². The van der Waals surface area contributed by atoms with E-state index in [0.29, 0.717) is 11.5 Å². The van der Waals surface area contributed by atoms with Gasteiger partial charge in [0.25, 0.3) is 5.91 Å². The van der Waals surface area contributed by atoms with Crippen molar-refractivity contribution in [2.75, 3.05) is 5.32 Å². The lowest BCUT2D eigenvalue weighted by atomic mass is 9.80. The summed E-state index contributed by atoms with van der Waals surface area (Å²) in [6, 6.07) is 11.6. The second-order valence-electron chi connectivity index (χ2n) is 6.58. The average molecular weight is 327 g/mol. The molecule has 2 fully saturated rings. The van der Waals surface area contributed by atoms with Crippen LogP contribution in [0.2, 0.25) is 5.15 Å². The van der Waals surface area contributed by atoms with Gasteiger partial charge in [0.05, 0.1) is 5.56 Å². The quantitative estimate of drug-likeness (QED) is 0.813. The molecule has 118 valence electrons. The number of anilines is 1. The van der Waals surface area contributed by atoms with Crippen molar-refractivity contribution in [3.63, 3.8) is 0 Å². The molecule has 2 aromatic rings. The molecule has 0 aliphatic heterocycles. The molecule has 1 aromatic carbocycles. The van der Waals surface area contributed by atoms with Crippen molar-refractivity contribution in [3.8, 4) is 0 Å². The minimum atomic E-state index is -0.198. The van der Waals surface area contributed by atoms with E-state index in [1.807, 2.05) is 12.1 Å². The molecule has 0 spiro atoms. The van der Waals surface area contributed by atoms with Gasteiger partial charge < -0.3 is 5.32 Å². The van der Waals surface area contributed by atoms with Crippen LogP contribution in [0.15, 0.2) is 42.6 Å². The standard InChI is InChI=1S/C19H19ClN2O/c20-18-14(8-4-10-21-18)19(23)22-17-9-2-1-7-13(17)16-11-15(16)12-5-3-6-12/h1-2,4,7-10,12,15-16H,3,5-6,11H2,(H,22,23). The van der Waals surface area contributed by atoms with Crippen molar-refractivity contribution in [2.45, 2.75) is 31.6 Å². The summed E-state index contributed by atoms with van der Waals surface area (Å²) in [5.74, 6) is 2.11. The van der Waals surface area contributed by atoms with Crippen LogP contribution in [0.5, 0.6) is 0 Å². The zero-order chi connectivity index (χ0) is 15.8. The number of hydrogen-bond donors (Lipinski definition) is 1. The molecule has 2 atom stereocenters. The summed E-state index contributed by atoms with van der Waals surface area (Å²) in [7, 11) is 0. The van der Waals surface area contributed by atoms with Gasteiger partial charge in [-0.1, -0.05) is 49.1 Å².